The highest BCUT2D eigenvalue weighted by Gasteiger charge is 2.42. The fourth-order valence-corrected chi connectivity index (χ4v) is 2.49. The lowest BCUT2D eigenvalue weighted by atomic mass is 9.69. The number of nitrogens with one attached hydrogen (secondary N) is 1. The molecule has 3 N–H and O–H groups in total. The molecule has 3 heteroatoms. The minimum Gasteiger partial charge on any atom is -0.374 e. The van der Waals surface area contributed by atoms with Crippen molar-refractivity contribution in [1.29, 1.82) is 0 Å². The summed E-state index contributed by atoms with van der Waals surface area (Å²) in [5.74, 6) is 5.56. The molecule has 1 atom stereocenters. The highest BCUT2D eigenvalue weighted by atomic mass is 16.5. The van der Waals surface area contributed by atoms with Crippen molar-refractivity contribution < 1.29 is 4.74 Å². The van der Waals surface area contributed by atoms with Gasteiger partial charge in [0.1, 0.15) is 0 Å². The molecule has 0 bridgehead atoms. The number of hydrogen-bond acceptors (Lipinski definition) is 3. The Balaban J connectivity index is 2.68. The second-order valence-electron chi connectivity index (χ2n) is 5.55. The van der Waals surface area contributed by atoms with E-state index in [1.807, 2.05) is 0 Å². The van der Waals surface area contributed by atoms with E-state index in [-0.39, 0.29) is 11.6 Å². The van der Waals surface area contributed by atoms with Crippen LogP contribution in [0.1, 0.15) is 53.4 Å². The van der Waals surface area contributed by atoms with Gasteiger partial charge in [0.05, 0.1) is 5.60 Å². The first-order valence-electron chi connectivity index (χ1n) is 6.06. The van der Waals surface area contributed by atoms with Gasteiger partial charge >= 0.3 is 0 Å². The third-order valence-corrected chi connectivity index (χ3v) is 3.92. The predicted molar refractivity (Wildman–Crippen MR) is 63.4 cm³/mol. The molecule has 1 saturated carbocycles. The van der Waals surface area contributed by atoms with E-state index in [4.69, 9.17) is 10.6 Å². The van der Waals surface area contributed by atoms with Gasteiger partial charge in [0.15, 0.2) is 0 Å². The first kappa shape index (κ1) is 12.9. The van der Waals surface area contributed by atoms with Gasteiger partial charge in [-0.3, -0.25) is 11.3 Å². The van der Waals surface area contributed by atoms with E-state index in [1.165, 1.54) is 12.8 Å². The first-order valence-corrected chi connectivity index (χ1v) is 6.06. The molecule has 0 heterocycles. The molecule has 90 valence electrons. The number of nitrogens with two attached hydrogens (primary N) is 1. The topological polar surface area (TPSA) is 47.3 Å². The maximum Gasteiger partial charge on any atom is 0.0845 e. The average Bonchev–Trinajstić information content (AvgIpc) is 2.21. The molecule has 0 amide bonds. The van der Waals surface area contributed by atoms with Crippen molar-refractivity contribution >= 4 is 0 Å². The van der Waals surface area contributed by atoms with Crippen LogP contribution in [-0.2, 0) is 4.74 Å². The molecule has 0 saturated heterocycles. The molecule has 1 fully saturated rings. The van der Waals surface area contributed by atoms with Crippen molar-refractivity contribution in [3.8, 4) is 0 Å². The van der Waals surface area contributed by atoms with Gasteiger partial charge in [0, 0.05) is 12.6 Å². The Hall–Kier alpha value is -0.120. The van der Waals surface area contributed by atoms with Gasteiger partial charge in [-0.05, 0) is 44.9 Å². The summed E-state index contributed by atoms with van der Waals surface area (Å²) in [5.41, 5.74) is 3.29. The van der Waals surface area contributed by atoms with Crippen LogP contribution in [-0.4, -0.2) is 18.2 Å². The second kappa shape index (κ2) is 4.81. The van der Waals surface area contributed by atoms with Gasteiger partial charge in [-0.1, -0.05) is 13.8 Å². The molecule has 0 aromatic heterocycles. The SMILES string of the molecule is CCOC1(C(C)NN)CCC(C)(C)CC1. The molecule has 0 aliphatic heterocycles. The summed E-state index contributed by atoms with van der Waals surface area (Å²) in [5, 5.41) is 0. The Labute approximate surface area is 93.7 Å². The van der Waals surface area contributed by atoms with Crippen LogP contribution < -0.4 is 11.3 Å². The minimum absolute atomic E-state index is 0.0426. The van der Waals surface area contributed by atoms with Crippen LogP contribution in [0.3, 0.4) is 0 Å². The summed E-state index contributed by atoms with van der Waals surface area (Å²) < 4.78 is 5.97. The lowest BCUT2D eigenvalue weighted by molar-refractivity contribution is -0.102. The van der Waals surface area contributed by atoms with E-state index >= 15 is 0 Å². The minimum atomic E-state index is -0.0426. The molecule has 0 spiro atoms. The van der Waals surface area contributed by atoms with Gasteiger partial charge in [-0.25, -0.2) is 0 Å². The molecule has 3 nitrogen and oxygen atoms in total. The normalized spacial score (nSPS) is 26.2. The zero-order valence-corrected chi connectivity index (χ0v) is 10.6. The molecule has 1 rings (SSSR count). The number of ether oxygens (including phenoxy) is 1. The maximum atomic E-state index is 5.97. The summed E-state index contributed by atoms with van der Waals surface area (Å²) in [7, 11) is 0. The fraction of sp³-hybridized carbons (Fsp3) is 1.00. The Morgan fingerprint density at radius 3 is 2.20 bits per heavy atom. The standard InChI is InChI=1S/C12H26N2O/c1-5-15-12(10(2)14-13)8-6-11(3,4)7-9-12/h10,14H,5-9,13H2,1-4H3. The van der Waals surface area contributed by atoms with Crippen molar-refractivity contribution in [1.82, 2.24) is 5.43 Å². The van der Waals surface area contributed by atoms with Crippen molar-refractivity contribution in [3.63, 3.8) is 0 Å². The quantitative estimate of drug-likeness (QED) is 0.557. The molecule has 0 aromatic rings. The van der Waals surface area contributed by atoms with Gasteiger partial charge in [-0.15, -0.1) is 0 Å². The second-order valence-corrected chi connectivity index (χ2v) is 5.55. The Morgan fingerprint density at radius 2 is 1.80 bits per heavy atom. The van der Waals surface area contributed by atoms with E-state index in [9.17, 15) is 0 Å². The molecule has 0 radical (unpaired) electrons. The lowest BCUT2D eigenvalue weighted by Crippen LogP contribution is -2.55. The Kier molecular flexibility index (Phi) is 4.15. The van der Waals surface area contributed by atoms with Crippen LogP contribution in [0, 0.1) is 5.41 Å². The molecule has 1 aliphatic rings. The van der Waals surface area contributed by atoms with E-state index in [0.29, 0.717) is 5.41 Å². The summed E-state index contributed by atoms with van der Waals surface area (Å²) in [4.78, 5) is 0. The first-order chi connectivity index (χ1) is 6.96. The van der Waals surface area contributed by atoms with Gasteiger partial charge in [-0.2, -0.15) is 0 Å². The molecule has 1 aliphatic carbocycles. The van der Waals surface area contributed by atoms with Crippen molar-refractivity contribution in [3.05, 3.63) is 0 Å². The monoisotopic (exact) mass is 214 g/mol. The third kappa shape index (κ3) is 2.92. The average molecular weight is 214 g/mol. The molecular formula is C12H26N2O. The summed E-state index contributed by atoms with van der Waals surface area (Å²) >= 11 is 0. The van der Waals surface area contributed by atoms with Gasteiger partial charge in [0.2, 0.25) is 0 Å². The van der Waals surface area contributed by atoms with Crippen LogP contribution in [0.5, 0.6) is 0 Å². The molecule has 1 unspecified atom stereocenters. The summed E-state index contributed by atoms with van der Waals surface area (Å²) in [6.07, 6.45) is 4.66. The van der Waals surface area contributed by atoms with Crippen LogP contribution in [0.25, 0.3) is 0 Å². The largest absolute Gasteiger partial charge is 0.374 e. The van der Waals surface area contributed by atoms with Gasteiger partial charge < -0.3 is 4.74 Å². The van der Waals surface area contributed by atoms with Crippen LogP contribution in [0.2, 0.25) is 0 Å². The van der Waals surface area contributed by atoms with Gasteiger partial charge in [0.25, 0.3) is 0 Å². The van der Waals surface area contributed by atoms with Crippen LogP contribution in [0.15, 0.2) is 0 Å². The number of hydrazine groups is 1. The number of hydrogen-bond donors (Lipinski definition) is 2. The van der Waals surface area contributed by atoms with Crippen LogP contribution in [0.4, 0.5) is 0 Å². The third-order valence-electron chi connectivity index (χ3n) is 3.92. The van der Waals surface area contributed by atoms with E-state index < -0.39 is 0 Å². The molecule has 0 aromatic carbocycles. The Bertz CT molecular complexity index is 194. The van der Waals surface area contributed by atoms with E-state index in [0.717, 1.165) is 19.4 Å². The summed E-state index contributed by atoms with van der Waals surface area (Å²) in [6, 6.07) is 0.230. The fourth-order valence-electron chi connectivity index (χ4n) is 2.49. The Morgan fingerprint density at radius 1 is 1.27 bits per heavy atom. The predicted octanol–water partition coefficient (Wildman–Crippen LogP) is 2.21. The maximum absolute atomic E-state index is 5.97. The zero-order valence-electron chi connectivity index (χ0n) is 10.6. The highest BCUT2D eigenvalue weighted by Crippen LogP contribution is 2.43. The van der Waals surface area contributed by atoms with Crippen LogP contribution >= 0.6 is 0 Å². The number of rotatable bonds is 4. The molecule has 15 heavy (non-hydrogen) atoms. The van der Waals surface area contributed by atoms with Crippen molar-refractivity contribution in [2.24, 2.45) is 11.3 Å². The molecular weight excluding hydrogens is 188 g/mol. The van der Waals surface area contributed by atoms with Crippen molar-refractivity contribution in [2.75, 3.05) is 6.61 Å². The van der Waals surface area contributed by atoms with E-state index in [1.54, 1.807) is 0 Å². The van der Waals surface area contributed by atoms with Crippen molar-refractivity contribution in [2.45, 2.75) is 65.0 Å². The summed E-state index contributed by atoms with van der Waals surface area (Å²) in [6.45, 7) is 9.62. The highest BCUT2D eigenvalue weighted by molar-refractivity contribution is 4.96. The lowest BCUT2D eigenvalue weighted by Gasteiger charge is -2.46. The smallest absolute Gasteiger partial charge is 0.0845 e. The van der Waals surface area contributed by atoms with E-state index in [2.05, 4.69) is 33.1 Å². The zero-order chi connectivity index (χ0) is 11.5.